The highest BCUT2D eigenvalue weighted by Crippen LogP contribution is 2.16. The maximum absolute atomic E-state index is 12.3. The van der Waals surface area contributed by atoms with Crippen LogP contribution in [0, 0.1) is 0 Å². The molecule has 1 atom stereocenters. The van der Waals surface area contributed by atoms with E-state index >= 15 is 0 Å². The fraction of sp³-hybridized carbons (Fsp3) is 0.710. The quantitative estimate of drug-likeness (QED) is 0.0374. The largest absolute Gasteiger partial charge is 0.462 e. The van der Waals surface area contributed by atoms with Crippen LogP contribution >= 0.6 is 0 Å². The molecule has 0 saturated carbocycles. The van der Waals surface area contributed by atoms with E-state index < -0.39 is 6.10 Å². The molecule has 0 heterocycles. The molecule has 384 valence electrons. The van der Waals surface area contributed by atoms with Crippen LogP contribution in [0.1, 0.15) is 264 Å². The highest BCUT2D eigenvalue weighted by molar-refractivity contribution is 5.70. The van der Waals surface area contributed by atoms with Crippen molar-refractivity contribution < 1.29 is 24.2 Å². The van der Waals surface area contributed by atoms with Crippen LogP contribution in [0.4, 0.5) is 0 Å². The van der Waals surface area contributed by atoms with E-state index in [4.69, 9.17) is 9.47 Å². The number of aliphatic hydroxyl groups is 1. The van der Waals surface area contributed by atoms with E-state index in [9.17, 15) is 14.7 Å². The molecule has 0 aromatic carbocycles. The zero-order valence-electron chi connectivity index (χ0n) is 43.9. The van der Waals surface area contributed by atoms with Crippen LogP contribution in [-0.2, 0) is 19.1 Å². The Morgan fingerprint density at radius 2 is 0.642 bits per heavy atom. The number of carbonyl (C=O) groups excluding carboxylic acids is 2. The maximum Gasteiger partial charge on any atom is 0.306 e. The number of hydrogen-bond acceptors (Lipinski definition) is 5. The molecule has 67 heavy (non-hydrogen) atoms. The topological polar surface area (TPSA) is 72.8 Å². The summed E-state index contributed by atoms with van der Waals surface area (Å²) in [4.78, 5) is 24.5. The molecular weight excluding hydrogens is 825 g/mol. The fourth-order valence-electron chi connectivity index (χ4n) is 7.93. The minimum Gasteiger partial charge on any atom is -0.462 e. The Bertz CT molecular complexity index is 1280. The van der Waals surface area contributed by atoms with Gasteiger partial charge < -0.3 is 14.6 Å². The van der Waals surface area contributed by atoms with Crippen LogP contribution in [0.5, 0.6) is 0 Å². The Morgan fingerprint density at radius 1 is 0.358 bits per heavy atom. The minimum atomic E-state index is -0.781. The highest BCUT2D eigenvalue weighted by atomic mass is 16.6. The van der Waals surface area contributed by atoms with Crippen LogP contribution in [-0.4, -0.2) is 36.4 Å². The molecule has 0 amide bonds. The lowest BCUT2D eigenvalue weighted by molar-refractivity contribution is -0.161. The zero-order valence-corrected chi connectivity index (χ0v) is 43.9. The van der Waals surface area contributed by atoms with E-state index in [-0.39, 0.29) is 25.2 Å². The van der Waals surface area contributed by atoms with Crippen LogP contribution in [0.15, 0.2) is 97.2 Å². The molecular formula is C62H106O5. The summed E-state index contributed by atoms with van der Waals surface area (Å²) < 4.78 is 10.7. The van der Waals surface area contributed by atoms with Crippen molar-refractivity contribution in [3.05, 3.63) is 97.2 Å². The number of esters is 2. The van der Waals surface area contributed by atoms with Gasteiger partial charge in [-0.15, -0.1) is 0 Å². The first-order valence-electron chi connectivity index (χ1n) is 28.3. The summed E-state index contributed by atoms with van der Waals surface area (Å²) in [5, 5.41) is 9.65. The highest BCUT2D eigenvalue weighted by Gasteiger charge is 2.16. The molecule has 0 bridgehead atoms. The lowest BCUT2D eigenvalue weighted by atomic mass is 10.0. The van der Waals surface area contributed by atoms with Gasteiger partial charge in [0.15, 0.2) is 6.10 Å². The number of carbonyl (C=O) groups is 2. The third kappa shape index (κ3) is 55.3. The van der Waals surface area contributed by atoms with Crippen molar-refractivity contribution in [3.8, 4) is 0 Å². The predicted molar refractivity (Wildman–Crippen MR) is 292 cm³/mol. The molecule has 1 unspecified atom stereocenters. The zero-order chi connectivity index (χ0) is 48.5. The summed E-state index contributed by atoms with van der Waals surface area (Å²) in [6.07, 6.45) is 80.9. The summed E-state index contributed by atoms with van der Waals surface area (Å²) in [5.41, 5.74) is 0. The number of ether oxygens (including phenoxy) is 2. The number of hydrogen-bond donors (Lipinski definition) is 1. The number of aliphatic hydroxyl groups excluding tert-OH is 1. The third-order valence-electron chi connectivity index (χ3n) is 12.1. The number of unbranched alkanes of at least 4 members (excludes halogenated alkanes) is 27. The van der Waals surface area contributed by atoms with E-state index in [1.807, 2.05) is 0 Å². The van der Waals surface area contributed by atoms with Crippen molar-refractivity contribution in [2.45, 2.75) is 270 Å². The number of rotatable bonds is 51. The lowest BCUT2D eigenvalue weighted by Gasteiger charge is -2.15. The Balaban J connectivity index is 3.56. The van der Waals surface area contributed by atoms with Crippen molar-refractivity contribution in [1.29, 1.82) is 0 Å². The molecule has 0 aromatic heterocycles. The van der Waals surface area contributed by atoms with E-state index in [2.05, 4.69) is 111 Å². The summed E-state index contributed by atoms with van der Waals surface area (Å²) in [7, 11) is 0. The summed E-state index contributed by atoms with van der Waals surface area (Å²) in [5.74, 6) is -0.595. The first kappa shape index (κ1) is 63.8. The Kier molecular flexibility index (Phi) is 54.4. The second kappa shape index (κ2) is 57.1. The monoisotopic (exact) mass is 931 g/mol. The van der Waals surface area contributed by atoms with Crippen molar-refractivity contribution >= 4 is 11.9 Å². The van der Waals surface area contributed by atoms with Crippen LogP contribution in [0.3, 0.4) is 0 Å². The van der Waals surface area contributed by atoms with Gasteiger partial charge in [-0.1, -0.05) is 272 Å². The van der Waals surface area contributed by atoms with E-state index in [1.165, 1.54) is 141 Å². The van der Waals surface area contributed by atoms with Gasteiger partial charge in [0.25, 0.3) is 0 Å². The standard InChI is InChI=1S/C62H106O5/c1-3-5-7-9-11-13-15-17-19-21-23-25-26-27-28-29-30-31-32-33-34-35-36-37-39-41-43-45-47-49-51-53-55-57-62(65)67-60(58-63)59-66-61(64)56-54-52-50-48-46-44-42-40-38-24-22-20-18-16-14-12-10-8-6-4-2/h5,7,11,13,17,19,23,25,27-28,30-31,33-34,36-37,60,63H,3-4,6,8-10,12,14-16,18,20-22,24,26,29,32,35,38-59H2,1-2H3/b7-5-,13-11-,19-17-,25-23-,28-27-,31-30-,34-33-,37-36-. The Morgan fingerprint density at radius 3 is 0.970 bits per heavy atom. The summed E-state index contributed by atoms with van der Waals surface area (Å²) in [6.45, 7) is 4.04. The molecule has 0 fully saturated rings. The molecule has 0 aliphatic carbocycles. The number of allylic oxidation sites excluding steroid dienone is 16. The molecule has 0 aliphatic rings. The SMILES string of the molecule is CC/C=C\C/C=C\C/C=C\C/C=C\C/C=C\C/C=C\C/C=C\C/C=C\CCCCCCCCCCC(=O)OC(CO)COC(=O)CCCCCCCCCCCCCCCCCCCCCC. The minimum absolute atomic E-state index is 0.0706. The van der Waals surface area contributed by atoms with E-state index in [0.717, 1.165) is 96.3 Å². The van der Waals surface area contributed by atoms with Crippen LogP contribution in [0.25, 0.3) is 0 Å². The van der Waals surface area contributed by atoms with Gasteiger partial charge in [-0.05, 0) is 77.0 Å². The van der Waals surface area contributed by atoms with Gasteiger partial charge in [-0.3, -0.25) is 9.59 Å². The van der Waals surface area contributed by atoms with Gasteiger partial charge in [0.1, 0.15) is 6.61 Å². The lowest BCUT2D eigenvalue weighted by Crippen LogP contribution is -2.28. The van der Waals surface area contributed by atoms with Gasteiger partial charge in [-0.2, -0.15) is 0 Å². The second-order valence-electron chi connectivity index (χ2n) is 18.6. The Labute approximate surface area is 415 Å². The first-order chi connectivity index (χ1) is 33.1. The van der Waals surface area contributed by atoms with Crippen molar-refractivity contribution in [2.75, 3.05) is 13.2 Å². The van der Waals surface area contributed by atoms with Gasteiger partial charge in [0.05, 0.1) is 6.61 Å². The van der Waals surface area contributed by atoms with Gasteiger partial charge >= 0.3 is 11.9 Å². The fourth-order valence-corrected chi connectivity index (χ4v) is 7.93. The molecule has 5 heteroatoms. The van der Waals surface area contributed by atoms with Gasteiger partial charge in [0, 0.05) is 12.8 Å². The van der Waals surface area contributed by atoms with Crippen LogP contribution < -0.4 is 0 Å². The smallest absolute Gasteiger partial charge is 0.306 e. The molecule has 0 radical (unpaired) electrons. The molecule has 5 nitrogen and oxygen atoms in total. The van der Waals surface area contributed by atoms with Crippen molar-refractivity contribution in [2.24, 2.45) is 0 Å². The van der Waals surface area contributed by atoms with Gasteiger partial charge in [0.2, 0.25) is 0 Å². The first-order valence-corrected chi connectivity index (χ1v) is 28.3. The Hall–Kier alpha value is -3.18. The second-order valence-corrected chi connectivity index (χ2v) is 18.6. The molecule has 0 saturated heterocycles. The van der Waals surface area contributed by atoms with Gasteiger partial charge in [-0.25, -0.2) is 0 Å². The summed E-state index contributed by atoms with van der Waals surface area (Å²) >= 11 is 0. The summed E-state index contributed by atoms with van der Waals surface area (Å²) in [6, 6.07) is 0. The predicted octanol–water partition coefficient (Wildman–Crippen LogP) is 19.1. The van der Waals surface area contributed by atoms with Crippen LogP contribution in [0.2, 0.25) is 0 Å². The average Bonchev–Trinajstić information content (AvgIpc) is 3.33. The molecule has 0 rings (SSSR count). The maximum atomic E-state index is 12.3. The molecule has 0 aliphatic heterocycles. The normalized spacial score (nSPS) is 12.9. The average molecular weight is 932 g/mol. The van der Waals surface area contributed by atoms with E-state index in [1.54, 1.807) is 0 Å². The van der Waals surface area contributed by atoms with E-state index in [0.29, 0.717) is 12.8 Å². The molecule has 1 N–H and O–H groups in total. The van der Waals surface area contributed by atoms with Crippen molar-refractivity contribution in [1.82, 2.24) is 0 Å². The third-order valence-corrected chi connectivity index (χ3v) is 12.1. The molecule has 0 spiro atoms. The van der Waals surface area contributed by atoms with Crippen molar-refractivity contribution in [3.63, 3.8) is 0 Å². The molecule has 0 aromatic rings.